The standard InChI is InChI=1S/C18H18N2O3/c1-13(16-5-3-4-12-20-16)23-17(21)11-8-14-6-9-15(10-7-14)18(22)19-2/h3-13H,1-2H3,(H,19,22)/b11-8-/t13-/m0/s1. The molecule has 1 atom stereocenters. The van der Waals surface area contributed by atoms with Crippen LogP contribution < -0.4 is 5.32 Å². The van der Waals surface area contributed by atoms with E-state index in [0.717, 1.165) is 5.56 Å². The summed E-state index contributed by atoms with van der Waals surface area (Å²) in [6.07, 6.45) is 4.24. The maximum absolute atomic E-state index is 11.8. The number of nitrogens with zero attached hydrogens (tertiary/aromatic N) is 1. The largest absolute Gasteiger partial charge is 0.453 e. The monoisotopic (exact) mass is 310 g/mol. The fraction of sp³-hybridized carbons (Fsp3) is 0.167. The molecule has 2 aromatic rings. The molecule has 0 saturated heterocycles. The topological polar surface area (TPSA) is 68.3 Å². The third-order valence-electron chi connectivity index (χ3n) is 3.21. The lowest BCUT2D eigenvalue weighted by atomic mass is 10.1. The maximum Gasteiger partial charge on any atom is 0.331 e. The highest BCUT2D eigenvalue weighted by Gasteiger charge is 2.10. The van der Waals surface area contributed by atoms with E-state index in [1.165, 1.54) is 6.08 Å². The third-order valence-corrected chi connectivity index (χ3v) is 3.21. The average molecular weight is 310 g/mol. The minimum absolute atomic E-state index is 0.149. The zero-order chi connectivity index (χ0) is 16.7. The molecule has 0 aliphatic heterocycles. The van der Waals surface area contributed by atoms with E-state index in [-0.39, 0.29) is 5.91 Å². The second kappa shape index (κ2) is 7.89. The van der Waals surface area contributed by atoms with Crippen LogP contribution in [0.2, 0.25) is 0 Å². The normalized spacial score (nSPS) is 11.9. The predicted molar refractivity (Wildman–Crippen MR) is 87.6 cm³/mol. The van der Waals surface area contributed by atoms with E-state index in [1.54, 1.807) is 62.6 Å². The van der Waals surface area contributed by atoms with Crippen molar-refractivity contribution in [2.45, 2.75) is 13.0 Å². The minimum Gasteiger partial charge on any atom is -0.453 e. The fourth-order valence-electron chi connectivity index (χ4n) is 1.94. The van der Waals surface area contributed by atoms with Gasteiger partial charge < -0.3 is 10.1 Å². The van der Waals surface area contributed by atoms with E-state index in [9.17, 15) is 9.59 Å². The molecular formula is C18H18N2O3. The SMILES string of the molecule is CNC(=O)c1ccc(/C=C\C(=O)O[C@@H](C)c2ccccn2)cc1. The summed E-state index contributed by atoms with van der Waals surface area (Å²) in [7, 11) is 1.58. The van der Waals surface area contributed by atoms with Gasteiger partial charge in [-0.15, -0.1) is 0 Å². The van der Waals surface area contributed by atoms with E-state index in [0.29, 0.717) is 11.3 Å². The zero-order valence-corrected chi connectivity index (χ0v) is 13.0. The number of nitrogens with one attached hydrogen (secondary N) is 1. The van der Waals surface area contributed by atoms with Crippen molar-refractivity contribution in [3.8, 4) is 0 Å². The third kappa shape index (κ3) is 4.78. The first-order valence-electron chi connectivity index (χ1n) is 7.22. The number of carbonyl (C=O) groups excluding carboxylic acids is 2. The Labute approximate surface area is 135 Å². The highest BCUT2D eigenvalue weighted by atomic mass is 16.5. The number of esters is 1. The van der Waals surface area contributed by atoms with Gasteiger partial charge in [-0.25, -0.2) is 4.79 Å². The van der Waals surface area contributed by atoms with Crippen LogP contribution >= 0.6 is 0 Å². The molecule has 0 unspecified atom stereocenters. The van der Waals surface area contributed by atoms with Crippen LogP contribution in [-0.2, 0) is 9.53 Å². The molecule has 0 aliphatic rings. The number of pyridine rings is 1. The number of hydrogen-bond acceptors (Lipinski definition) is 4. The number of rotatable bonds is 5. The highest BCUT2D eigenvalue weighted by molar-refractivity contribution is 5.94. The average Bonchev–Trinajstić information content (AvgIpc) is 2.60. The lowest BCUT2D eigenvalue weighted by Crippen LogP contribution is -2.17. The van der Waals surface area contributed by atoms with Crippen LogP contribution in [0.1, 0.15) is 34.6 Å². The number of aromatic nitrogens is 1. The van der Waals surface area contributed by atoms with E-state index >= 15 is 0 Å². The first-order chi connectivity index (χ1) is 11.1. The molecule has 1 N–H and O–H groups in total. The van der Waals surface area contributed by atoms with Crippen LogP contribution in [0.4, 0.5) is 0 Å². The minimum atomic E-state index is -0.446. The van der Waals surface area contributed by atoms with Crippen LogP contribution in [0.5, 0.6) is 0 Å². The molecule has 1 amide bonds. The van der Waals surface area contributed by atoms with Crippen LogP contribution in [-0.4, -0.2) is 23.9 Å². The molecule has 1 aromatic carbocycles. The summed E-state index contributed by atoms with van der Waals surface area (Å²) in [5.41, 5.74) is 2.07. The molecule has 2 rings (SSSR count). The van der Waals surface area contributed by atoms with Gasteiger partial charge >= 0.3 is 5.97 Å². The summed E-state index contributed by atoms with van der Waals surface area (Å²) in [5, 5.41) is 2.55. The molecule has 0 saturated carbocycles. The first kappa shape index (κ1) is 16.4. The first-order valence-corrected chi connectivity index (χ1v) is 7.22. The lowest BCUT2D eigenvalue weighted by Gasteiger charge is -2.10. The molecule has 5 nitrogen and oxygen atoms in total. The van der Waals surface area contributed by atoms with Gasteiger partial charge in [0.15, 0.2) is 0 Å². The summed E-state index contributed by atoms with van der Waals surface area (Å²) in [6, 6.07) is 12.4. The molecule has 1 heterocycles. The van der Waals surface area contributed by atoms with Gasteiger partial charge in [0.1, 0.15) is 6.10 Å². The number of benzene rings is 1. The smallest absolute Gasteiger partial charge is 0.331 e. The van der Waals surface area contributed by atoms with Gasteiger partial charge in [0.2, 0.25) is 0 Å². The second-order valence-electron chi connectivity index (χ2n) is 4.87. The fourth-order valence-corrected chi connectivity index (χ4v) is 1.94. The Morgan fingerprint density at radius 2 is 1.91 bits per heavy atom. The number of amides is 1. The summed E-state index contributed by atoms with van der Waals surface area (Å²) >= 11 is 0. The molecule has 0 aliphatic carbocycles. The van der Waals surface area contributed by atoms with Crippen molar-refractivity contribution >= 4 is 18.0 Å². The van der Waals surface area contributed by atoms with Crippen LogP contribution in [0, 0.1) is 0 Å². The summed E-state index contributed by atoms with van der Waals surface area (Å²) in [6.45, 7) is 1.77. The van der Waals surface area contributed by atoms with Crippen molar-refractivity contribution in [2.75, 3.05) is 7.05 Å². The summed E-state index contributed by atoms with van der Waals surface area (Å²) in [5.74, 6) is -0.595. The van der Waals surface area contributed by atoms with Gasteiger partial charge in [0.05, 0.1) is 5.69 Å². The van der Waals surface area contributed by atoms with E-state index in [2.05, 4.69) is 10.3 Å². The van der Waals surface area contributed by atoms with Crippen LogP contribution in [0.15, 0.2) is 54.7 Å². The van der Waals surface area contributed by atoms with Gasteiger partial charge in [-0.3, -0.25) is 9.78 Å². The Balaban J connectivity index is 1.94. The van der Waals surface area contributed by atoms with Gasteiger partial charge in [-0.1, -0.05) is 18.2 Å². The van der Waals surface area contributed by atoms with Gasteiger partial charge in [-0.2, -0.15) is 0 Å². The number of ether oxygens (including phenoxy) is 1. The number of carbonyl (C=O) groups is 2. The Hall–Kier alpha value is -2.95. The highest BCUT2D eigenvalue weighted by Crippen LogP contribution is 2.14. The summed E-state index contributed by atoms with van der Waals surface area (Å²) in [4.78, 5) is 27.4. The van der Waals surface area contributed by atoms with Crippen molar-refractivity contribution in [1.29, 1.82) is 0 Å². The van der Waals surface area contributed by atoms with Gasteiger partial charge in [0.25, 0.3) is 5.91 Å². The molecule has 0 spiro atoms. The Bertz CT molecular complexity index is 694. The van der Waals surface area contributed by atoms with Crippen molar-refractivity contribution in [3.63, 3.8) is 0 Å². The molecule has 5 heteroatoms. The lowest BCUT2D eigenvalue weighted by molar-refractivity contribution is -0.142. The van der Waals surface area contributed by atoms with Crippen molar-refractivity contribution < 1.29 is 14.3 Å². The van der Waals surface area contributed by atoms with Crippen molar-refractivity contribution in [2.24, 2.45) is 0 Å². The van der Waals surface area contributed by atoms with Crippen molar-refractivity contribution in [1.82, 2.24) is 10.3 Å². The Morgan fingerprint density at radius 1 is 1.17 bits per heavy atom. The molecule has 118 valence electrons. The molecule has 0 radical (unpaired) electrons. The zero-order valence-electron chi connectivity index (χ0n) is 13.0. The van der Waals surface area contributed by atoms with E-state index < -0.39 is 12.1 Å². The van der Waals surface area contributed by atoms with Crippen molar-refractivity contribution in [3.05, 3.63) is 71.6 Å². The quantitative estimate of drug-likeness (QED) is 0.681. The van der Waals surface area contributed by atoms with Crippen LogP contribution in [0.3, 0.4) is 0 Å². The van der Waals surface area contributed by atoms with Gasteiger partial charge in [-0.05, 0) is 42.8 Å². The second-order valence-corrected chi connectivity index (χ2v) is 4.87. The summed E-state index contributed by atoms with van der Waals surface area (Å²) < 4.78 is 5.29. The molecule has 0 bridgehead atoms. The Kier molecular flexibility index (Phi) is 5.63. The predicted octanol–water partition coefficient (Wildman–Crippen LogP) is 2.76. The molecular weight excluding hydrogens is 292 g/mol. The van der Waals surface area contributed by atoms with E-state index in [1.807, 2.05) is 6.07 Å². The maximum atomic E-state index is 11.8. The molecule has 23 heavy (non-hydrogen) atoms. The van der Waals surface area contributed by atoms with Gasteiger partial charge in [0, 0.05) is 24.9 Å². The van der Waals surface area contributed by atoms with E-state index in [4.69, 9.17) is 4.74 Å². The number of hydrogen-bond donors (Lipinski definition) is 1. The Morgan fingerprint density at radius 3 is 2.52 bits per heavy atom. The molecule has 0 fully saturated rings. The van der Waals surface area contributed by atoms with Crippen LogP contribution in [0.25, 0.3) is 6.08 Å². The molecule has 1 aromatic heterocycles.